The topological polar surface area (TPSA) is 35.5 Å². The third-order valence-corrected chi connectivity index (χ3v) is 2.89. The number of hydrogen-bond donors (Lipinski definition) is 2. The highest BCUT2D eigenvalue weighted by atomic mass is 19.1. The summed E-state index contributed by atoms with van der Waals surface area (Å²) in [7, 11) is 1.80. The van der Waals surface area contributed by atoms with Gasteiger partial charge in [0.2, 0.25) is 0 Å². The van der Waals surface area contributed by atoms with Gasteiger partial charge in [-0.05, 0) is 46.2 Å². The number of para-hydroxylation sites is 1. The van der Waals surface area contributed by atoms with E-state index in [0.29, 0.717) is 18.8 Å². The second kappa shape index (κ2) is 6.10. The van der Waals surface area contributed by atoms with Gasteiger partial charge < -0.3 is 15.3 Å². The van der Waals surface area contributed by atoms with E-state index in [2.05, 4.69) is 26.1 Å². The summed E-state index contributed by atoms with van der Waals surface area (Å²) in [5.41, 5.74) is 0.544. The molecule has 0 aliphatic heterocycles. The molecule has 0 heterocycles. The largest absolute Gasteiger partial charge is 0.389 e. The number of nitrogens with zero attached hydrogens (tertiary/aromatic N) is 1. The normalized spacial score (nSPS) is 12.6. The molecule has 114 valence electrons. The molecule has 20 heavy (non-hydrogen) atoms. The Morgan fingerprint density at radius 1 is 1.20 bits per heavy atom. The molecule has 0 saturated heterocycles. The van der Waals surface area contributed by atoms with Gasteiger partial charge in [-0.3, -0.25) is 0 Å². The molecule has 0 radical (unpaired) electrons. The van der Waals surface area contributed by atoms with E-state index in [9.17, 15) is 9.50 Å². The Kier molecular flexibility index (Phi) is 5.16. The van der Waals surface area contributed by atoms with Crippen LogP contribution in [0.4, 0.5) is 10.1 Å². The molecule has 0 saturated carbocycles. The zero-order valence-corrected chi connectivity index (χ0v) is 13.4. The van der Waals surface area contributed by atoms with Crippen molar-refractivity contribution in [3.8, 4) is 0 Å². The van der Waals surface area contributed by atoms with Gasteiger partial charge in [0.15, 0.2) is 0 Å². The lowest BCUT2D eigenvalue weighted by Gasteiger charge is -2.30. The van der Waals surface area contributed by atoms with Crippen molar-refractivity contribution in [2.75, 3.05) is 18.5 Å². The van der Waals surface area contributed by atoms with Crippen molar-refractivity contribution < 1.29 is 9.50 Å². The Morgan fingerprint density at radius 3 is 2.30 bits per heavy atom. The SMILES string of the molecule is CN(CC(C)(C)O)c1c(F)cccc1CNC(C)(C)C. The zero-order valence-electron chi connectivity index (χ0n) is 13.4. The van der Waals surface area contributed by atoms with Crippen LogP contribution in [0.15, 0.2) is 18.2 Å². The van der Waals surface area contributed by atoms with Crippen LogP contribution < -0.4 is 10.2 Å². The average Bonchev–Trinajstić information content (AvgIpc) is 2.22. The lowest BCUT2D eigenvalue weighted by molar-refractivity contribution is 0.0884. The maximum atomic E-state index is 14.1. The predicted octanol–water partition coefficient (Wildman–Crippen LogP) is 2.92. The fraction of sp³-hybridized carbons (Fsp3) is 0.625. The van der Waals surface area contributed by atoms with Crippen molar-refractivity contribution >= 4 is 5.69 Å². The predicted molar refractivity (Wildman–Crippen MR) is 82.6 cm³/mol. The molecule has 3 nitrogen and oxygen atoms in total. The van der Waals surface area contributed by atoms with Crippen LogP contribution in [0.3, 0.4) is 0 Å². The number of anilines is 1. The molecule has 2 N–H and O–H groups in total. The Morgan fingerprint density at radius 2 is 1.80 bits per heavy atom. The molecule has 0 unspecified atom stereocenters. The smallest absolute Gasteiger partial charge is 0.146 e. The van der Waals surface area contributed by atoms with E-state index in [4.69, 9.17) is 0 Å². The minimum atomic E-state index is -0.869. The number of likely N-dealkylation sites (N-methyl/N-ethyl adjacent to an activating group) is 1. The summed E-state index contributed by atoms with van der Waals surface area (Å²) in [5, 5.41) is 13.3. The fourth-order valence-corrected chi connectivity index (χ4v) is 2.15. The lowest BCUT2D eigenvalue weighted by atomic mass is 10.1. The van der Waals surface area contributed by atoms with Crippen molar-refractivity contribution in [1.82, 2.24) is 5.32 Å². The summed E-state index contributed by atoms with van der Waals surface area (Å²) in [4.78, 5) is 1.77. The third kappa shape index (κ3) is 5.47. The van der Waals surface area contributed by atoms with Crippen LogP contribution in [0, 0.1) is 5.82 Å². The van der Waals surface area contributed by atoms with E-state index in [1.54, 1.807) is 31.9 Å². The number of hydrogen-bond acceptors (Lipinski definition) is 3. The Bertz CT molecular complexity index is 447. The van der Waals surface area contributed by atoms with Crippen LogP contribution in [-0.2, 0) is 6.54 Å². The summed E-state index contributed by atoms with van der Waals surface area (Å²) in [6.07, 6.45) is 0. The Labute approximate surface area is 121 Å². The molecule has 4 heteroatoms. The van der Waals surface area contributed by atoms with Crippen molar-refractivity contribution in [2.24, 2.45) is 0 Å². The van der Waals surface area contributed by atoms with Gasteiger partial charge in [0.1, 0.15) is 5.82 Å². The van der Waals surface area contributed by atoms with Crippen molar-refractivity contribution in [3.63, 3.8) is 0 Å². The average molecular weight is 282 g/mol. The zero-order chi connectivity index (χ0) is 15.6. The van der Waals surface area contributed by atoms with Gasteiger partial charge in [-0.25, -0.2) is 4.39 Å². The quantitative estimate of drug-likeness (QED) is 0.871. The fourth-order valence-electron chi connectivity index (χ4n) is 2.15. The first-order valence-electron chi connectivity index (χ1n) is 6.95. The van der Waals surface area contributed by atoms with Gasteiger partial charge in [0.05, 0.1) is 11.3 Å². The molecular formula is C16H27FN2O. The van der Waals surface area contributed by atoms with Gasteiger partial charge in [0, 0.05) is 25.7 Å². The molecule has 0 aliphatic carbocycles. The molecule has 1 aromatic rings. The maximum Gasteiger partial charge on any atom is 0.146 e. The molecule has 0 amide bonds. The molecule has 0 aromatic heterocycles. The second-order valence-corrected chi connectivity index (χ2v) is 7.02. The molecule has 0 fully saturated rings. The standard InChI is InChI=1S/C16H27FN2O/c1-15(2,3)18-10-12-8-7-9-13(17)14(12)19(6)11-16(4,5)20/h7-9,18,20H,10-11H2,1-6H3. The highest BCUT2D eigenvalue weighted by Gasteiger charge is 2.21. The van der Waals surface area contributed by atoms with Gasteiger partial charge in [-0.2, -0.15) is 0 Å². The number of nitrogens with one attached hydrogen (secondary N) is 1. The van der Waals surface area contributed by atoms with E-state index >= 15 is 0 Å². The van der Waals surface area contributed by atoms with Gasteiger partial charge in [-0.15, -0.1) is 0 Å². The highest BCUT2D eigenvalue weighted by molar-refractivity contribution is 5.54. The minimum absolute atomic E-state index is 0.0294. The molecule has 0 aliphatic rings. The van der Waals surface area contributed by atoms with E-state index in [0.717, 1.165) is 5.56 Å². The summed E-state index contributed by atoms with van der Waals surface area (Å²) < 4.78 is 14.1. The first-order valence-corrected chi connectivity index (χ1v) is 6.95. The van der Waals surface area contributed by atoms with E-state index in [-0.39, 0.29) is 11.4 Å². The molecule has 1 aromatic carbocycles. The monoisotopic (exact) mass is 282 g/mol. The van der Waals surface area contributed by atoms with Crippen LogP contribution in [-0.4, -0.2) is 29.8 Å². The number of rotatable bonds is 5. The first-order chi connectivity index (χ1) is 8.99. The lowest BCUT2D eigenvalue weighted by Crippen LogP contribution is -2.38. The van der Waals surface area contributed by atoms with E-state index in [1.165, 1.54) is 6.07 Å². The maximum absolute atomic E-state index is 14.1. The number of aliphatic hydroxyl groups is 1. The first kappa shape index (κ1) is 16.9. The summed E-state index contributed by atoms with van der Waals surface area (Å²) >= 11 is 0. The Balaban J connectivity index is 2.99. The van der Waals surface area contributed by atoms with Crippen LogP contribution in [0.5, 0.6) is 0 Å². The molecule has 0 bridgehead atoms. The Hall–Kier alpha value is -1.13. The van der Waals surface area contributed by atoms with E-state index in [1.807, 2.05) is 6.07 Å². The summed E-state index contributed by atoms with van der Waals surface area (Å²) in [5.74, 6) is -0.259. The molecule has 0 atom stereocenters. The van der Waals surface area contributed by atoms with Crippen LogP contribution >= 0.6 is 0 Å². The number of benzene rings is 1. The van der Waals surface area contributed by atoms with Crippen molar-refractivity contribution in [2.45, 2.75) is 52.3 Å². The van der Waals surface area contributed by atoms with Crippen molar-refractivity contribution in [3.05, 3.63) is 29.6 Å². The van der Waals surface area contributed by atoms with Gasteiger partial charge in [0.25, 0.3) is 0 Å². The molecule has 0 spiro atoms. The van der Waals surface area contributed by atoms with Crippen LogP contribution in [0.25, 0.3) is 0 Å². The molecule has 1 rings (SSSR count). The second-order valence-electron chi connectivity index (χ2n) is 7.02. The van der Waals surface area contributed by atoms with Crippen LogP contribution in [0.2, 0.25) is 0 Å². The van der Waals surface area contributed by atoms with E-state index < -0.39 is 5.60 Å². The summed E-state index contributed by atoms with van der Waals surface area (Å²) in [6, 6.07) is 5.09. The van der Waals surface area contributed by atoms with Gasteiger partial charge >= 0.3 is 0 Å². The molecular weight excluding hydrogens is 255 g/mol. The highest BCUT2D eigenvalue weighted by Crippen LogP contribution is 2.25. The number of halogens is 1. The van der Waals surface area contributed by atoms with Crippen LogP contribution in [0.1, 0.15) is 40.2 Å². The van der Waals surface area contributed by atoms with Gasteiger partial charge in [-0.1, -0.05) is 12.1 Å². The third-order valence-electron chi connectivity index (χ3n) is 2.89. The minimum Gasteiger partial charge on any atom is -0.389 e. The van der Waals surface area contributed by atoms with Crippen molar-refractivity contribution in [1.29, 1.82) is 0 Å². The summed E-state index contributed by atoms with van der Waals surface area (Å²) in [6.45, 7) is 10.6.